The van der Waals surface area contributed by atoms with Gasteiger partial charge in [0.05, 0.1) is 0 Å². The Labute approximate surface area is 121 Å². The molecule has 0 spiro atoms. The smallest absolute Gasteiger partial charge is 0.273 e. The van der Waals surface area contributed by atoms with Gasteiger partial charge in [-0.15, -0.1) is 0 Å². The third-order valence-corrected chi connectivity index (χ3v) is 3.03. The molecule has 0 saturated heterocycles. The van der Waals surface area contributed by atoms with Crippen molar-refractivity contribution in [1.29, 1.82) is 0 Å². The topological polar surface area (TPSA) is 50.7 Å². The second kappa shape index (κ2) is 7.68. The second-order valence-electron chi connectivity index (χ2n) is 5.27. The zero-order chi connectivity index (χ0) is 15.0. The first-order chi connectivity index (χ1) is 9.50. The van der Waals surface area contributed by atoms with Crippen molar-refractivity contribution in [3.63, 3.8) is 0 Å². The average molecular weight is 276 g/mol. The quantitative estimate of drug-likeness (QED) is 0.614. The van der Waals surface area contributed by atoms with E-state index in [9.17, 15) is 4.79 Å². The summed E-state index contributed by atoms with van der Waals surface area (Å²) in [5.41, 5.74) is 0.694. The molecule has 4 heteroatoms. The van der Waals surface area contributed by atoms with E-state index < -0.39 is 0 Å². The molecule has 0 bridgehead atoms. The van der Waals surface area contributed by atoms with Gasteiger partial charge < -0.3 is 10.2 Å². The highest BCUT2D eigenvalue weighted by molar-refractivity contribution is 6.45. The summed E-state index contributed by atoms with van der Waals surface area (Å²) < 4.78 is 0. The zero-order valence-electron chi connectivity index (χ0n) is 12.8. The van der Waals surface area contributed by atoms with Gasteiger partial charge in [-0.2, -0.15) is 0 Å². The van der Waals surface area contributed by atoms with Crippen LogP contribution in [-0.4, -0.2) is 23.8 Å². The van der Waals surface area contributed by atoms with Crippen molar-refractivity contribution in [1.82, 2.24) is 5.32 Å². The van der Waals surface area contributed by atoms with Crippen molar-refractivity contribution >= 4 is 11.6 Å². The van der Waals surface area contributed by atoms with Crippen molar-refractivity contribution in [2.24, 2.45) is 5.16 Å². The Bertz CT molecular complexity index is 453. The molecule has 0 atom stereocenters. The molecule has 4 nitrogen and oxygen atoms in total. The first-order valence-corrected chi connectivity index (χ1v) is 7.10. The second-order valence-corrected chi connectivity index (χ2v) is 5.27. The molecule has 1 N–H and O–H groups in total. The van der Waals surface area contributed by atoms with Crippen LogP contribution in [0, 0.1) is 0 Å². The van der Waals surface area contributed by atoms with Gasteiger partial charge in [0.15, 0.2) is 5.71 Å². The molecule has 0 aromatic heterocycles. The van der Waals surface area contributed by atoms with Crippen LogP contribution >= 0.6 is 0 Å². The highest BCUT2D eigenvalue weighted by Gasteiger charge is 2.19. The molecule has 0 aliphatic carbocycles. The molecule has 0 unspecified atom stereocenters. The van der Waals surface area contributed by atoms with Gasteiger partial charge >= 0.3 is 0 Å². The molecular weight excluding hydrogens is 252 g/mol. The third kappa shape index (κ3) is 5.03. The summed E-state index contributed by atoms with van der Waals surface area (Å²) in [7, 11) is 0. The Morgan fingerprint density at radius 3 is 2.45 bits per heavy atom. The SMILES string of the molecule is CCCNC(=O)/C(=N\OC(C)(C)CC)c1ccccc1. The fourth-order valence-electron chi connectivity index (χ4n) is 1.38. The van der Waals surface area contributed by atoms with Crippen LogP contribution < -0.4 is 5.32 Å². The van der Waals surface area contributed by atoms with Crippen LogP contribution in [0.25, 0.3) is 0 Å². The Morgan fingerprint density at radius 2 is 1.90 bits per heavy atom. The Hall–Kier alpha value is -1.84. The first-order valence-electron chi connectivity index (χ1n) is 7.10. The third-order valence-electron chi connectivity index (χ3n) is 3.03. The molecule has 1 aromatic carbocycles. The van der Waals surface area contributed by atoms with Crippen molar-refractivity contribution in [3.05, 3.63) is 35.9 Å². The monoisotopic (exact) mass is 276 g/mol. The summed E-state index contributed by atoms with van der Waals surface area (Å²) in [6.07, 6.45) is 1.70. The average Bonchev–Trinajstić information content (AvgIpc) is 2.46. The van der Waals surface area contributed by atoms with Gasteiger partial charge in [0.25, 0.3) is 5.91 Å². The maximum Gasteiger partial charge on any atom is 0.273 e. The molecule has 20 heavy (non-hydrogen) atoms. The Balaban J connectivity index is 2.96. The van der Waals surface area contributed by atoms with Gasteiger partial charge in [0, 0.05) is 12.1 Å². The van der Waals surface area contributed by atoms with Gasteiger partial charge in [-0.05, 0) is 26.7 Å². The number of benzene rings is 1. The summed E-state index contributed by atoms with van der Waals surface area (Å²) in [6.45, 7) is 8.55. The molecule has 0 saturated carbocycles. The lowest BCUT2D eigenvalue weighted by atomic mass is 10.1. The molecule has 1 aromatic rings. The fourth-order valence-corrected chi connectivity index (χ4v) is 1.38. The van der Waals surface area contributed by atoms with Gasteiger partial charge in [-0.3, -0.25) is 4.79 Å². The molecule has 0 fully saturated rings. The number of carbonyl (C=O) groups is 1. The number of nitrogens with zero attached hydrogens (tertiary/aromatic N) is 1. The standard InChI is InChI=1S/C16H24N2O2/c1-5-12-17-15(19)14(13-10-8-7-9-11-13)18-20-16(3,4)6-2/h7-11H,5-6,12H2,1-4H3,(H,17,19)/b18-14-. The molecule has 110 valence electrons. The van der Waals surface area contributed by atoms with Crippen molar-refractivity contribution in [2.75, 3.05) is 6.54 Å². The normalized spacial score (nSPS) is 12.1. The van der Waals surface area contributed by atoms with Crippen molar-refractivity contribution < 1.29 is 9.63 Å². The lowest BCUT2D eigenvalue weighted by Crippen LogP contribution is -2.33. The molecule has 1 rings (SSSR count). The van der Waals surface area contributed by atoms with Crippen LogP contribution in [0.4, 0.5) is 0 Å². The molecule has 0 aliphatic rings. The molecule has 1 amide bonds. The number of oxime groups is 1. The van der Waals surface area contributed by atoms with Crippen LogP contribution in [0.1, 0.15) is 46.1 Å². The van der Waals surface area contributed by atoms with E-state index in [0.717, 1.165) is 18.4 Å². The van der Waals surface area contributed by atoms with E-state index in [0.29, 0.717) is 12.3 Å². The minimum atomic E-state index is -0.384. The molecule has 0 aliphatic heterocycles. The minimum Gasteiger partial charge on any atom is -0.389 e. The van der Waals surface area contributed by atoms with Gasteiger partial charge in [-0.1, -0.05) is 49.3 Å². The fraction of sp³-hybridized carbons (Fsp3) is 0.500. The number of carbonyl (C=O) groups excluding carboxylic acids is 1. The summed E-state index contributed by atoms with van der Waals surface area (Å²) in [5.74, 6) is -0.204. The van der Waals surface area contributed by atoms with E-state index in [2.05, 4.69) is 10.5 Å². The van der Waals surface area contributed by atoms with Crippen LogP contribution in [-0.2, 0) is 9.63 Å². The number of hydrogen-bond donors (Lipinski definition) is 1. The van der Waals surface area contributed by atoms with Crippen LogP contribution in [0.2, 0.25) is 0 Å². The largest absolute Gasteiger partial charge is 0.389 e. The Morgan fingerprint density at radius 1 is 1.25 bits per heavy atom. The maximum absolute atomic E-state index is 12.2. The predicted octanol–water partition coefficient (Wildman–Crippen LogP) is 3.12. The predicted molar refractivity (Wildman–Crippen MR) is 81.7 cm³/mol. The number of amides is 1. The van der Waals surface area contributed by atoms with E-state index >= 15 is 0 Å². The maximum atomic E-state index is 12.2. The van der Waals surface area contributed by atoms with E-state index in [-0.39, 0.29) is 11.5 Å². The summed E-state index contributed by atoms with van der Waals surface area (Å²) in [6, 6.07) is 9.37. The first kappa shape index (κ1) is 16.2. The van der Waals surface area contributed by atoms with Gasteiger partial charge in [0.2, 0.25) is 0 Å². The van der Waals surface area contributed by atoms with Gasteiger partial charge in [0.1, 0.15) is 5.60 Å². The van der Waals surface area contributed by atoms with E-state index in [1.807, 2.05) is 58.0 Å². The number of hydrogen-bond acceptors (Lipinski definition) is 3. The number of rotatable bonds is 7. The lowest BCUT2D eigenvalue weighted by molar-refractivity contribution is -0.115. The molecule has 0 radical (unpaired) electrons. The van der Waals surface area contributed by atoms with Crippen LogP contribution in [0.5, 0.6) is 0 Å². The summed E-state index contributed by atoms with van der Waals surface area (Å²) in [4.78, 5) is 17.7. The highest BCUT2D eigenvalue weighted by atomic mass is 16.6. The summed E-state index contributed by atoms with van der Waals surface area (Å²) >= 11 is 0. The highest BCUT2D eigenvalue weighted by Crippen LogP contribution is 2.15. The lowest BCUT2D eigenvalue weighted by Gasteiger charge is -2.20. The van der Waals surface area contributed by atoms with Crippen LogP contribution in [0.3, 0.4) is 0 Å². The zero-order valence-corrected chi connectivity index (χ0v) is 12.8. The molecular formula is C16H24N2O2. The van der Waals surface area contributed by atoms with E-state index in [1.165, 1.54) is 0 Å². The van der Waals surface area contributed by atoms with Crippen molar-refractivity contribution in [3.8, 4) is 0 Å². The van der Waals surface area contributed by atoms with Crippen LogP contribution in [0.15, 0.2) is 35.5 Å². The van der Waals surface area contributed by atoms with E-state index in [4.69, 9.17) is 4.84 Å². The molecule has 0 heterocycles. The number of nitrogens with one attached hydrogen (secondary N) is 1. The van der Waals surface area contributed by atoms with Gasteiger partial charge in [-0.25, -0.2) is 0 Å². The van der Waals surface area contributed by atoms with Crippen molar-refractivity contribution in [2.45, 2.75) is 46.1 Å². The Kier molecular flexibility index (Phi) is 6.22. The summed E-state index contributed by atoms with van der Waals surface area (Å²) in [5, 5.41) is 6.93. The minimum absolute atomic E-state index is 0.204. The van der Waals surface area contributed by atoms with E-state index in [1.54, 1.807) is 0 Å².